The van der Waals surface area contributed by atoms with E-state index >= 15 is 0 Å². The monoisotopic (exact) mass is 406 g/mol. The lowest BCUT2D eigenvalue weighted by molar-refractivity contribution is -0.0412. The number of rotatable bonds is 2. The van der Waals surface area contributed by atoms with Crippen LogP contribution in [0.15, 0.2) is 40.3 Å². The molecule has 3 aromatic rings. The van der Waals surface area contributed by atoms with Crippen molar-refractivity contribution in [2.45, 2.75) is 58.8 Å². The van der Waals surface area contributed by atoms with Gasteiger partial charge in [-0.15, -0.1) is 0 Å². The summed E-state index contributed by atoms with van der Waals surface area (Å²) < 4.78 is 18.4. The Kier molecular flexibility index (Phi) is 4.16. The lowest BCUT2D eigenvalue weighted by Gasteiger charge is -2.37. The van der Waals surface area contributed by atoms with Crippen LogP contribution < -0.4 is 9.47 Å². The first-order chi connectivity index (χ1) is 14.2. The van der Waals surface area contributed by atoms with Gasteiger partial charge in [-0.2, -0.15) is 0 Å². The summed E-state index contributed by atoms with van der Waals surface area (Å²) in [5.41, 5.74) is 4.79. The van der Waals surface area contributed by atoms with Crippen molar-refractivity contribution in [3.63, 3.8) is 0 Å². The molecule has 0 saturated heterocycles. The van der Waals surface area contributed by atoms with Crippen LogP contribution in [-0.4, -0.2) is 21.9 Å². The summed E-state index contributed by atoms with van der Waals surface area (Å²) in [5, 5.41) is 21.9. The maximum Gasteiger partial charge on any atom is 0.145 e. The predicted octanol–water partition coefficient (Wildman–Crippen LogP) is 5.28. The van der Waals surface area contributed by atoms with E-state index in [9.17, 15) is 10.2 Å². The minimum absolute atomic E-state index is 0.233. The summed E-state index contributed by atoms with van der Waals surface area (Å²) in [4.78, 5) is 0. The molecule has 5 heteroatoms. The lowest BCUT2D eigenvalue weighted by Crippen LogP contribution is -2.46. The van der Waals surface area contributed by atoms with Crippen LogP contribution in [0.3, 0.4) is 0 Å². The van der Waals surface area contributed by atoms with E-state index < -0.39 is 11.7 Å². The van der Waals surface area contributed by atoms with Gasteiger partial charge in [-0.25, -0.2) is 0 Å². The van der Waals surface area contributed by atoms with Gasteiger partial charge in [0.2, 0.25) is 0 Å². The quantitative estimate of drug-likeness (QED) is 0.567. The zero-order chi connectivity index (χ0) is 21.2. The molecule has 2 aromatic carbocycles. The predicted molar refractivity (Wildman–Crippen MR) is 115 cm³/mol. The molecule has 30 heavy (non-hydrogen) atoms. The Morgan fingerprint density at radius 3 is 2.77 bits per heavy atom. The number of fused-ring (bicyclic) bond motifs is 6. The number of allylic oxidation sites excluding steroid dienone is 2. The number of hydrogen-bond acceptors (Lipinski definition) is 5. The minimum Gasteiger partial charge on any atom is -0.508 e. The average Bonchev–Trinajstić information content (AvgIpc) is 3.05. The van der Waals surface area contributed by atoms with Crippen molar-refractivity contribution in [3.8, 4) is 28.6 Å². The Morgan fingerprint density at radius 1 is 1.20 bits per heavy atom. The summed E-state index contributed by atoms with van der Waals surface area (Å²) in [6.45, 7) is 8.25. The van der Waals surface area contributed by atoms with Crippen LogP contribution >= 0.6 is 0 Å². The largest absolute Gasteiger partial charge is 0.508 e. The van der Waals surface area contributed by atoms with Gasteiger partial charge < -0.3 is 24.1 Å². The van der Waals surface area contributed by atoms with E-state index in [1.165, 1.54) is 5.57 Å². The second-order valence-corrected chi connectivity index (χ2v) is 9.01. The molecule has 3 heterocycles. The summed E-state index contributed by atoms with van der Waals surface area (Å²) in [6.07, 6.45) is 2.61. The Hall–Kier alpha value is -2.92. The van der Waals surface area contributed by atoms with E-state index in [1.807, 2.05) is 45.9 Å². The molecular weight excluding hydrogens is 380 g/mol. The molecule has 0 amide bonds. The molecule has 1 unspecified atom stereocenters. The van der Waals surface area contributed by atoms with E-state index in [2.05, 4.69) is 6.08 Å². The van der Waals surface area contributed by atoms with Gasteiger partial charge in [0, 0.05) is 29.0 Å². The van der Waals surface area contributed by atoms with Crippen molar-refractivity contribution >= 4 is 11.0 Å². The summed E-state index contributed by atoms with van der Waals surface area (Å²) >= 11 is 0. The molecule has 2 N–H and O–H groups in total. The fraction of sp³-hybridized carbons (Fsp3) is 0.360. The zero-order valence-corrected chi connectivity index (χ0v) is 17.7. The molecule has 1 aromatic heterocycles. The van der Waals surface area contributed by atoms with Gasteiger partial charge in [0.15, 0.2) is 0 Å². The normalized spacial score (nSPS) is 18.6. The first kappa shape index (κ1) is 19.1. The van der Waals surface area contributed by atoms with Gasteiger partial charge in [-0.3, -0.25) is 0 Å². The standard InChI is InChI=1S/C25H26O5/c1-13(2)5-6-16-19(26)8-7-15-18-12-28-21-11-20-14(10-22(27)25(3,4)30-20)9-17(21)24(18)29-23(15)16/h5,7-9,11,22,26-27H,6,10,12H2,1-4H3. The third-order valence-electron chi connectivity index (χ3n) is 6.12. The smallest absolute Gasteiger partial charge is 0.145 e. The van der Waals surface area contributed by atoms with Gasteiger partial charge in [-0.1, -0.05) is 11.6 Å². The summed E-state index contributed by atoms with van der Waals surface area (Å²) in [6, 6.07) is 7.51. The van der Waals surface area contributed by atoms with Gasteiger partial charge in [-0.05, 0) is 57.9 Å². The van der Waals surface area contributed by atoms with E-state index in [0.29, 0.717) is 30.8 Å². The van der Waals surface area contributed by atoms with Crippen LogP contribution in [0.1, 0.15) is 44.4 Å². The Morgan fingerprint density at radius 2 is 2.00 bits per heavy atom. The molecule has 1 atom stereocenters. The van der Waals surface area contributed by atoms with E-state index in [1.54, 1.807) is 6.07 Å². The number of aromatic hydroxyl groups is 1. The van der Waals surface area contributed by atoms with Crippen molar-refractivity contribution in [3.05, 3.63) is 52.6 Å². The van der Waals surface area contributed by atoms with Gasteiger partial charge in [0.05, 0.1) is 11.7 Å². The third kappa shape index (κ3) is 2.88. The van der Waals surface area contributed by atoms with Crippen LogP contribution in [0, 0.1) is 0 Å². The second kappa shape index (κ2) is 6.54. The fourth-order valence-electron chi connectivity index (χ4n) is 4.23. The lowest BCUT2D eigenvalue weighted by atomic mass is 9.89. The molecule has 0 bridgehead atoms. The topological polar surface area (TPSA) is 72.1 Å². The molecule has 0 spiro atoms. The number of ether oxygens (including phenoxy) is 2. The van der Waals surface area contributed by atoms with Gasteiger partial charge >= 0.3 is 0 Å². The second-order valence-electron chi connectivity index (χ2n) is 9.01. The molecule has 2 aliphatic heterocycles. The SMILES string of the molecule is CC(C)=CCc1c(O)ccc2c3c(oc12)-c1cc2c(cc1OC3)OC(C)(C)C(O)C2. The highest BCUT2D eigenvalue weighted by Crippen LogP contribution is 2.48. The highest BCUT2D eigenvalue weighted by atomic mass is 16.5. The fourth-order valence-corrected chi connectivity index (χ4v) is 4.23. The van der Waals surface area contributed by atoms with Crippen molar-refractivity contribution in [1.82, 2.24) is 0 Å². The third-order valence-corrected chi connectivity index (χ3v) is 6.12. The van der Waals surface area contributed by atoms with Gasteiger partial charge in [0.1, 0.15) is 40.8 Å². The Balaban J connectivity index is 1.67. The molecule has 5 rings (SSSR count). The minimum atomic E-state index is -0.641. The Labute approximate surface area is 175 Å². The van der Waals surface area contributed by atoms with Crippen LogP contribution in [0.2, 0.25) is 0 Å². The van der Waals surface area contributed by atoms with Crippen molar-refractivity contribution in [2.24, 2.45) is 0 Å². The molecule has 2 aliphatic rings. The van der Waals surface area contributed by atoms with Crippen LogP contribution in [0.4, 0.5) is 0 Å². The summed E-state index contributed by atoms with van der Waals surface area (Å²) in [7, 11) is 0. The number of aliphatic hydroxyl groups excluding tert-OH is 1. The number of phenols is 1. The molecule has 5 nitrogen and oxygen atoms in total. The average molecular weight is 406 g/mol. The number of aliphatic hydroxyl groups is 1. The number of benzene rings is 2. The van der Waals surface area contributed by atoms with E-state index in [0.717, 1.165) is 39.1 Å². The molecule has 156 valence electrons. The maximum atomic E-state index is 10.5. The van der Waals surface area contributed by atoms with Crippen LogP contribution in [0.25, 0.3) is 22.3 Å². The Bertz CT molecular complexity index is 1190. The van der Waals surface area contributed by atoms with Crippen LogP contribution in [-0.2, 0) is 19.4 Å². The molecule has 0 fully saturated rings. The molecule has 0 aliphatic carbocycles. The highest BCUT2D eigenvalue weighted by molar-refractivity contribution is 5.93. The van der Waals surface area contributed by atoms with E-state index in [4.69, 9.17) is 13.9 Å². The van der Waals surface area contributed by atoms with E-state index in [-0.39, 0.29) is 5.75 Å². The molecule has 0 saturated carbocycles. The first-order valence-corrected chi connectivity index (χ1v) is 10.3. The number of phenolic OH excluding ortho intramolecular Hbond substituents is 1. The highest BCUT2D eigenvalue weighted by Gasteiger charge is 2.37. The summed E-state index contributed by atoms with van der Waals surface area (Å²) in [5.74, 6) is 2.45. The van der Waals surface area contributed by atoms with Crippen molar-refractivity contribution in [1.29, 1.82) is 0 Å². The van der Waals surface area contributed by atoms with Gasteiger partial charge in [0.25, 0.3) is 0 Å². The zero-order valence-electron chi connectivity index (χ0n) is 17.7. The molecule has 0 radical (unpaired) electrons. The number of furan rings is 1. The number of hydrogen-bond donors (Lipinski definition) is 2. The van der Waals surface area contributed by atoms with Crippen molar-refractivity contribution < 1.29 is 24.1 Å². The van der Waals surface area contributed by atoms with Crippen LogP contribution in [0.5, 0.6) is 17.2 Å². The first-order valence-electron chi connectivity index (χ1n) is 10.3. The maximum absolute atomic E-state index is 10.5. The molecular formula is C25H26O5. The van der Waals surface area contributed by atoms with Crippen molar-refractivity contribution in [2.75, 3.05) is 0 Å².